The van der Waals surface area contributed by atoms with Crippen molar-refractivity contribution in [3.8, 4) is 0 Å². The van der Waals surface area contributed by atoms with E-state index in [0.29, 0.717) is 6.42 Å². The summed E-state index contributed by atoms with van der Waals surface area (Å²) in [7, 11) is 3.83. The maximum absolute atomic E-state index is 11.8. The number of likely N-dealkylation sites (N-methyl/N-ethyl adjacent to an activating group) is 1. The first-order valence-electron chi connectivity index (χ1n) is 8.82. The van der Waals surface area contributed by atoms with E-state index in [0.717, 1.165) is 44.7 Å². The fraction of sp³-hybridized carbons (Fsp3) is 0.667. The third-order valence-electron chi connectivity index (χ3n) is 4.29. The number of hydrogen-bond acceptors (Lipinski definition) is 4. The molecule has 5 nitrogen and oxygen atoms in total. The minimum absolute atomic E-state index is 0.0651. The lowest BCUT2D eigenvalue weighted by molar-refractivity contribution is -0.148. The van der Waals surface area contributed by atoms with Crippen molar-refractivity contribution in [2.24, 2.45) is 4.99 Å². The quantitative estimate of drug-likeness (QED) is 0.338. The lowest BCUT2D eigenvalue weighted by atomic mass is 10.3. The van der Waals surface area contributed by atoms with E-state index < -0.39 is 0 Å². The summed E-state index contributed by atoms with van der Waals surface area (Å²) in [6, 6.07) is 4.24. The Morgan fingerprint density at radius 1 is 1.46 bits per heavy atom. The van der Waals surface area contributed by atoms with Crippen LogP contribution in [-0.2, 0) is 16.0 Å². The Balaban J connectivity index is 1.59. The Bertz CT molecular complexity index is 510. The molecule has 1 N–H and O–H groups in total. The number of esters is 1. The van der Waals surface area contributed by atoms with E-state index in [1.165, 1.54) is 17.7 Å². The normalized spacial score (nSPS) is 15.5. The molecule has 1 heterocycles. The Morgan fingerprint density at radius 2 is 2.25 bits per heavy atom. The Labute approximate surface area is 149 Å². The number of nitrogens with zero attached hydrogens (tertiary/aromatic N) is 2. The van der Waals surface area contributed by atoms with Crippen molar-refractivity contribution in [1.82, 2.24) is 10.2 Å². The highest BCUT2D eigenvalue weighted by molar-refractivity contribution is 7.09. The van der Waals surface area contributed by atoms with Gasteiger partial charge in [0.25, 0.3) is 0 Å². The van der Waals surface area contributed by atoms with Crippen LogP contribution >= 0.6 is 11.3 Å². The van der Waals surface area contributed by atoms with E-state index >= 15 is 0 Å². The van der Waals surface area contributed by atoms with Crippen molar-refractivity contribution in [2.45, 2.75) is 51.0 Å². The highest BCUT2D eigenvalue weighted by Gasteiger charge is 2.18. The van der Waals surface area contributed by atoms with Gasteiger partial charge in [-0.05, 0) is 50.0 Å². The van der Waals surface area contributed by atoms with Crippen LogP contribution in [0.15, 0.2) is 22.5 Å². The second-order valence-corrected chi connectivity index (χ2v) is 7.26. The first-order chi connectivity index (χ1) is 11.7. The number of carbonyl (C=O) groups is 1. The zero-order chi connectivity index (χ0) is 17.2. The smallest absolute Gasteiger partial charge is 0.306 e. The molecule has 0 unspecified atom stereocenters. The van der Waals surface area contributed by atoms with Crippen LogP contribution < -0.4 is 5.32 Å². The number of aliphatic imine (C=N–C) groups is 1. The van der Waals surface area contributed by atoms with Gasteiger partial charge in [-0.25, -0.2) is 0 Å². The summed E-state index contributed by atoms with van der Waals surface area (Å²) in [5.41, 5.74) is 0. The molecule has 0 bridgehead atoms. The van der Waals surface area contributed by atoms with Crippen LogP contribution in [0.5, 0.6) is 0 Å². The van der Waals surface area contributed by atoms with Crippen LogP contribution in [0.25, 0.3) is 0 Å². The largest absolute Gasteiger partial charge is 0.462 e. The highest BCUT2D eigenvalue weighted by Crippen LogP contribution is 2.21. The molecular weight excluding hydrogens is 322 g/mol. The monoisotopic (exact) mass is 351 g/mol. The Kier molecular flexibility index (Phi) is 8.08. The van der Waals surface area contributed by atoms with Crippen LogP contribution in [0.2, 0.25) is 0 Å². The zero-order valence-electron chi connectivity index (χ0n) is 14.8. The summed E-state index contributed by atoms with van der Waals surface area (Å²) in [5, 5.41) is 5.42. The van der Waals surface area contributed by atoms with Crippen LogP contribution in [0, 0.1) is 0 Å². The van der Waals surface area contributed by atoms with E-state index in [1.807, 2.05) is 7.05 Å². The van der Waals surface area contributed by atoms with Crippen molar-refractivity contribution in [3.05, 3.63) is 22.4 Å². The topological polar surface area (TPSA) is 53.9 Å². The van der Waals surface area contributed by atoms with Crippen LogP contribution in [0.3, 0.4) is 0 Å². The van der Waals surface area contributed by atoms with Gasteiger partial charge in [0.15, 0.2) is 5.96 Å². The molecule has 0 aliphatic heterocycles. The molecule has 2 rings (SSSR count). The SMILES string of the molecule is CN=C(NCCCC(=O)OC1CCCC1)N(C)CCc1cccs1. The average Bonchev–Trinajstić information content (AvgIpc) is 3.26. The second-order valence-electron chi connectivity index (χ2n) is 6.22. The molecule has 1 fully saturated rings. The predicted molar refractivity (Wildman–Crippen MR) is 99.6 cm³/mol. The van der Waals surface area contributed by atoms with Gasteiger partial charge in [-0.15, -0.1) is 11.3 Å². The minimum Gasteiger partial charge on any atom is -0.462 e. The first kappa shape index (κ1) is 18.8. The predicted octanol–water partition coefficient (Wildman–Crippen LogP) is 3.06. The summed E-state index contributed by atoms with van der Waals surface area (Å²) < 4.78 is 5.47. The number of guanidine groups is 1. The van der Waals surface area contributed by atoms with Crippen LogP contribution in [0.4, 0.5) is 0 Å². The third-order valence-corrected chi connectivity index (χ3v) is 5.22. The fourth-order valence-electron chi connectivity index (χ4n) is 2.91. The molecule has 0 spiro atoms. The maximum atomic E-state index is 11.8. The van der Waals surface area contributed by atoms with Crippen molar-refractivity contribution >= 4 is 23.3 Å². The molecule has 6 heteroatoms. The molecule has 1 aliphatic rings. The number of rotatable bonds is 8. The van der Waals surface area contributed by atoms with Gasteiger partial charge in [0, 0.05) is 38.5 Å². The molecule has 0 amide bonds. The Hall–Kier alpha value is -1.56. The second kappa shape index (κ2) is 10.3. The van der Waals surface area contributed by atoms with Gasteiger partial charge in [0.05, 0.1) is 0 Å². The standard InChI is InChI=1S/C18H29N3O2S/c1-19-18(21(2)13-11-16-9-6-14-24-16)20-12-5-10-17(22)23-15-7-3-4-8-15/h6,9,14-15H,3-5,7-8,10-13H2,1-2H3,(H,19,20). The number of ether oxygens (including phenoxy) is 1. The number of nitrogens with one attached hydrogen (secondary N) is 1. The van der Waals surface area contributed by atoms with Gasteiger partial charge in [-0.2, -0.15) is 0 Å². The van der Waals surface area contributed by atoms with Crippen molar-refractivity contribution in [1.29, 1.82) is 0 Å². The van der Waals surface area contributed by atoms with E-state index in [4.69, 9.17) is 4.74 Å². The summed E-state index contributed by atoms with van der Waals surface area (Å²) >= 11 is 1.78. The summed E-state index contributed by atoms with van der Waals surface area (Å²) in [4.78, 5) is 19.6. The molecule has 134 valence electrons. The number of carbonyl (C=O) groups excluding carboxylic acids is 1. The summed E-state index contributed by atoms with van der Waals surface area (Å²) in [5.74, 6) is 0.806. The highest BCUT2D eigenvalue weighted by atomic mass is 32.1. The average molecular weight is 352 g/mol. The third kappa shape index (κ3) is 6.51. The van der Waals surface area contributed by atoms with Gasteiger partial charge in [0.2, 0.25) is 0 Å². The molecular formula is C18H29N3O2S. The van der Waals surface area contributed by atoms with Crippen molar-refractivity contribution in [2.75, 3.05) is 27.2 Å². The van der Waals surface area contributed by atoms with E-state index in [-0.39, 0.29) is 12.1 Å². The van der Waals surface area contributed by atoms with E-state index in [1.54, 1.807) is 18.4 Å². The molecule has 1 aromatic rings. The van der Waals surface area contributed by atoms with E-state index in [2.05, 4.69) is 32.7 Å². The lowest BCUT2D eigenvalue weighted by Gasteiger charge is -2.21. The van der Waals surface area contributed by atoms with Gasteiger partial charge >= 0.3 is 5.97 Å². The Morgan fingerprint density at radius 3 is 2.92 bits per heavy atom. The van der Waals surface area contributed by atoms with Crippen molar-refractivity contribution < 1.29 is 9.53 Å². The zero-order valence-corrected chi connectivity index (χ0v) is 15.6. The van der Waals surface area contributed by atoms with Gasteiger partial charge in [-0.3, -0.25) is 9.79 Å². The summed E-state index contributed by atoms with van der Waals surface area (Å²) in [6.45, 7) is 1.65. The molecule has 1 aromatic heterocycles. The number of thiophene rings is 1. The maximum Gasteiger partial charge on any atom is 0.306 e. The van der Waals surface area contributed by atoms with Gasteiger partial charge < -0.3 is 15.0 Å². The molecule has 1 saturated carbocycles. The minimum atomic E-state index is -0.0651. The molecule has 0 aromatic carbocycles. The van der Waals surface area contributed by atoms with Crippen LogP contribution in [-0.4, -0.2) is 50.1 Å². The fourth-order valence-corrected chi connectivity index (χ4v) is 3.61. The molecule has 24 heavy (non-hydrogen) atoms. The van der Waals surface area contributed by atoms with E-state index in [9.17, 15) is 4.79 Å². The van der Waals surface area contributed by atoms with Crippen LogP contribution in [0.1, 0.15) is 43.4 Å². The first-order valence-corrected chi connectivity index (χ1v) is 9.70. The molecule has 0 radical (unpaired) electrons. The number of hydrogen-bond donors (Lipinski definition) is 1. The molecule has 1 aliphatic carbocycles. The molecule has 0 atom stereocenters. The van der Waals surface area contributed by atoms with Gasteiger partial charge in [-0.1, -0.05) is 6.07 Å². The van der Waals surface area contributed by atoms with Crippen molar-refractivity contribution in [3.63, 3.8) is 0 Å². The van der Waals surface area contributed by atoms with Gasteiger partial charge in [0.1, 0.15) is 6.10 Å². The lowest BCUT2D eigenvalue weighted by Crippen LogP contribution is -2.40. The molecule has 0 saturated heterocycles. The summed E-state index contributed by atoms with van der Waals surface area (Å²) in [6.07, 6.45) is 6.87.